The number of primary amides is 1. The molecule has 0 aliphatic rings. The third-order valence-corrected chi connectivity index (χ3v) is 4.79. The summed E-state index contributed by atoms with van der Waals surface area (Å²) in [5, 5.41) is 24.8. The third-order valence-electron chi connectivity index (χ3n) is 4.43. The molecule has 0 aromatic carbocycles. The van der Waals surface area contributed by atoms with Crippen LogP contribution < -0.4 is 38.9 Å². The molecule has 198 valence electrons. The van der Waals surface area contributed by atoms with Crippen LogP contribution in [0, 0.1) is 0 Å². The Hall–Kier alpha value is -3.60. The minimum absolute atomic E-state index is 0.119. The SMILES string of the molecule is NC(=O)CCC(NC(=O)C(CC(=O)O)NC(=O)C(N)CCCN=C(N)N)C(=O)NC(CS)C(=O)O. The predicted molar refractivity (Wildman–Crippen MR) is 126 cm³/mol. The lowest BCUT2D eigenvalue weighted by Crippen LogP contribution is -2.57. The van der Waals surface area contributed by atoms with E-state index in [4.69, 9.17) is 33.1 Å². The van der Waals surface area contributed by atoms with E-state index in [1.54, 1.807) is 0 Å². The van der Waals surface area contributed by atoms with Crippen LogP contribution in [0.3, 0.4) is 0 Å². The number of hydrogen-bond acceptors (Lipinski definition) is 9. The van der Waals surface area contributed by atoms with Gasteiger partial charge < -0.3 is 49.1 Å². The molecule has 0 heterocycles. The molecule has 0 saturated heterocycles. The van der Waals surface area contributed by atoms with Crippen molar-refractivity contribution in [3.8, 4) is 0 Å². The van der Waals surface area contributed by atoms with Gasteiger partial charge in [-0.05, 0) is 19.3 Å². The zero-order valence-corrected chi connectivity index (χ0v) is 19.7. The summed E-state index contributed by atoms with van der Waals surface area (Å²) < 4.78 is 0. The molecule has 0 radical (unpaired) electrons. The molecule has 0 rings (SSSR count). The number of carbonyl (C=O) groups is 6. The van der Waals surface area contributed by atoms with Crippen molar-refractivity contribution in [1.29, 1.82) is 0 Å². The topological polar surface area (TPSA) is 295 Å². The Labute approximate surface area is 206 Å². The van der Waals surface area contributed by atoms with E-state index in [9.17, 15) is 28.8 Å². The van der Waals surface area contributed by atoms with Crippen LogP contribution in [0.25, 0.3) is 0 Å². The summed E-state index contributed by atoms with van der Waals surface area (Å²) in [7, 11) is 0. The molecule has 35 heavy (non-hydrogen) atoms. The number of aliphatic imine (C=N–C) groups is 1. The zero-order chi connectivity index (χ0) is 27.1. The minimum Gasteiger partial charge on any atom is -0.481 e. The molecule has 4 atom stereocenters. The van der Waals surface area contributed by atoms with Crippen molar-refractivity contribution in [3.63, 3.8) is 0 Å². The number of amides is 4. The molecule has 4 amide bonds. The number of nitrogens with zero attached hydrogens (tertiary/aromatic N) is 1. The quantitative estimate of drug-likeness (QED) is 0.0377. The number of rotatable bonds is 17. The van der Waals surface area contributed by atoms with Gasteiger partial charge in [0.15, 0.2) is 5.96 Å². The van der Waals surface area contributed by atoms with E-state index in [1.807, 2.05) is 0 Å². The smallest absolute Gasteiger partial charge is 0.327 e. The van der Waals surface area contributed by atoms with E-state index in [0.29, 0.717) is 6.42 Å². The second-order valence-corrected chi connectivity index (χ2v) is 7.73. The molecule has 0 fully saturated rings. The number of nitrogens with one attached hydrogen (secondary N) is 3. The molecule has 0 aliphatic carbocycles. The Balaban J connectivity index is 5.40. The van der Waals surface area contributed by atoms with E-state index in [2.05, 4.69) is 33.6 Å². The fourth-order valence-electron chi connectivity index (χ4n) is 2.60. The molecule has 13 N–H and O–H groups in total. The first-order chi connectivity index (χ1) is 16.3. The highest BCUT2D eigenvalue weighted by Crippen LogP contribution is 2.04. The Morgan fingerprint density at radius 3 is 1.86 bits per heavy atom. The van der Waals surface area contributed by atoms with E-state index < -0.39 is 66.2 Å². The second kappa shape index (κ2) is 16.1. The van der Waals surface area contributed by atoms with E-state index >= 15 is 0 Å². The summed E-state index contributed by atoms with van der Waals surface area (Å²) >= 11 is 3.82. The highest BCUT2D eigenvalue weighted by molar-refractivity contribution is 7.80. The van der Waals surface area contributed by atoms with Gasteiger partial charge in [-0.25, -0.2) is 4.79 Å². The minimum atomic E-state index is -1.63. The number of thiol groups is 1. The van der Waals surface area contributed by atoms with Gasteiger partial charge >= 0.3 is 11.9 Å². The normalized spacial score (nSPS) is 13.9. The molecule has 16 nitrogen and oxygen atoms in total. The summed E-state index contributed by atoms with van der Waals surface area (Å²) in [4.78, 5) is 74.8. The van der Waals surface area contributed by atoms with Crippen molar-refractivity contribution in [1.82, 2.24) is 16.0 Å². The van der Waals surface area contributed by atoms with Crippen molar-refractivity contribution in [3.05, 3.63) is 0 Å². The number of guanidine groups is 1. The van der Waals surface area contributed by atoms with Crippen LogP contribution in [0.5, 0.6) is 0 Å². The highest BCUT2D eigenvalue weighted by Gasteiger charge is 2.31. The van der Waals surface area contributed by atoms with Crippen LogP contribution in [-0.4, -0.2) is 88.2 Å². The fraction of sp³-hybridized carbons (Fsp3) is 0.611. The van der Waals surface area contributed by atoms with E-state index in [-0.39, 0.29) is 37.5 Å². The van der Waals surface area contributed by atoms with Gasteiger partial charge in [0, 0.05) is 18.7 Å². The van der Waals surface area contributed by atoms with Crippen molar-refractivity contribution >= 4 is 54.2 Å². The monoisotopic (exact) mass is 520 g/mol. The average Bonchev–Trinajstić information content (AvgIpc) is 2.75. The van der Waals surface area contributed by atoms with Gasteiger partial charge in [-0.3, -0.25) is 29.0 Å². The standard InChI is InChI=1S/C18H32N8O8S/c19-8(2-1-5-23-18(21)22)14(30)25-10(6-13(28)29)16(32)24-9(3-4-12(20)27)15(31)26-11(7-35)17(33)34/h8-11,35H,1-7,19H2,(H2,20,27)(H,24,32)(H,25,30)(H,26,31)(H,28,29)(H,33,34)(H4,21,22,23). The number of carboxylic acids is 2. The summed E-state index contributed by atoms with van der Waals surface area (Å²) in [6.07, 6.45) is -1.07. The Morgan fingerprint density at radius 1 is 0.829 bits per heavy atom. The van der Waals surface area contributed by atoms with Gasteiger partial charge in [0.1, 0.15) is 18.1 Å². The van der Waals surface area contributed by atoms with Crippen LogP contribution in [0.4, 0.5) is 0 Å². The number of aliphatic carboxylic acids is 2. The molecule has 0 aromatic heterocycles. The summed E-state index contributed by atoms with van der Waals surface area (Å²) in [6, 6.07) is -5.61. The van der Waals surface area contributed by atoms with Gasteiger partial charge in [-0.1, -0.05) is 0 Å². The molecule has 17 heteroatoms. The molecule has 0 bridgehead atoms. The van der Waals surface area contributed by atoms with Gasteiger partial charge in [-0.15, -0.1) is 0 Å². The maximum atomic E-state index is 12.7. The van der Waals surface area contributed by atoms with Crippen LogP contribution in [0.2, 0.25) is 0 Å². The van der Waals surface area contributed by atoms with Crippen molar-refractivity contribution in [2.24, 2.45) is 27.9 Å². The van der Waals surface area contributed by atoms with Crippen LogP contribution in [0.1, 0.15) is 32.1 Å². The third kappa shape index (κ3) is 13.6. The van der Waals surface area contributed by atoms with Gasteiger partial charge in [-0.2, -0.15) is 12.6 Å². The summed E-state index contributed by atoms with van der Waals surface area (Å²) in [6.45, 7) is 0.197. The molecule has 4 unspecified atom stereocenters. The van der Waals surface area contributed by atoms with Crippen LogP contribution in [0.15, 0.2) is 4.99 Å². The van der Waals surface area contributed by atoms with Crippen molar-refractivity contribution in [2.75, 3.05) is 12.3 Å². The van der Waals surface area contributed by atoms with Crippen molar-refractivity contribution in [2.45, 2.75) is 56.3 Å². The lowest BCUT2D eigenvalue weighted by Gasteiger charge is -2.24. The summed E-state index contributed by atoms with van der Waals surface area (Å²) in [5.74, 6) is -6.92. The fourth-order valence-corrected chi connectivity index (χ4v) is 2.85. The van der Waals surface area contributed by atoms with Crippen LogP contribution in [-0.2, 0) is 28.8 Å². The first-order valence-corrected chi connectivity index (χ1v) is 11.0. The molecule has 0 spiro atoms. The van der Waals surface area contributed by atoms with Crippen LogP contribution >= 0.6 is 12.6 Å². The first kappa shape index (κ1) is 31.4. The molecule has 0 aliphatic heterocycles. The Kier molecular flexibility index (Phi) is 14.4. The zero-order valence-electron chi connectivity index (χ0n) is 18.8. The highest BCUT2D eigenvalue weighted by atomic mass is 32.1. The van der Waals surface area contributed by atoms with E-state index in [1.165, 1.54) is 0 Å². The van der Waals surface area contributed by atoms with Gasteiger partial charge in [0.05, 0.1) is 12.5 Å². The maximum Gasteiger partial charge on any atom is 0.327 e. The van der Waals surface area contributed by atoms with Gasteiger partial charge in [0.2, 0.25) is 23.6 Å². The Bertz CT molecular complexity index is 820. The molecular weight excluding hydrogens is 488 g/mol. The lowest BCUT2D eigenvalue weighted by atomic mass is 10.1. The maximum absolute atomic E-state index is 12.7. The van der Waals surface area contributed by atoms with E-state index in [0.717, 1.165) is 0 Å². The largest absolute Gasteiger partial charge is 0.481 e. The van der Waals surface area contributed by atoms with Crippen molar-refractivity contribution < 1.29 is 39.0 Å². The molecular formula is C18H32N8O8S. The van der Waals surface area contributed by atoms with Gasteiger partial charge in [0.25, 0.3) is 0 Å². The number of carboxylic acid groups (broad SMARTS) is 2. The Morgan fingerprint density at radius 2 is 1.37 bits per heavy atom. The number of nitrogens with two attached hydrogens (primary N) is 4. The summed E-state index contributed by atoms with van der Waals surface area (Å²) in [5.41, 5.74) is 21.2. The second-order valence-electron chi connectivity index (χ2n) is 7.36. The lowest BCUT2D eigenvalue weighted by molar-refractivity contribution is -0.143. The molecule has 0 aromatic rings. The predicted octanol–water partition coefficient (Wildman–Crippen LogP) is -4.42. The number of carbonyl (C=O) groups excluding carboxylic acids is 4. The average molecular weight is 521 g/mol. The molecule has 0 saturated carbocycles. The number of hydrogen-bond donors (Lipinski definition) is 10. The first-order valence-electron chi connectivity index (χ1n) is 10.3.